The molecule has 0 fully saturated rings. The summed E-state index contributed by atoms with van der Waals surface area (Å²) < 4.78 is 0. The van der Waals surface area contributed by atoms with Gasteiger partial charge in [-0.15, -0.1) is 11.8 Å². The fraction of sp³-hybridized carbons (Fsp3) is 0.417. The third-order valence-corrected chi connectivity index (χ3v) is 3.27. The highest BCUT2D eigenvalue weighted by atomic mass is 32.2. The number of hydrogen-bond acceptors (Lipinski definition) is 3. The van der Waals surface area contributed by atoms with E-state index in [4.69, 9.17) is 0 Å². The topological polar surface area (TPSA) is 27.0 Å². The normalized spacial score (nSPS) is 10.1. The summed E-state index contributed by atoms with van der Waals surface area (Å²) in [6, 6.07) is 8.67. The fourth-order valence-electron chi connectivity index (χ4n) is 1.37. The lowest BCUT2D eigenvalue weighted by Gasteiger charge is -2.25. The van der Waals surface area contributed by atoms with Gasteiger partial charge in [-0.25, -0.2) is 0 Å². The molecule has 0 aliphatic rings. The number of hydrogen-bond donors (Lipinski definition) is 0. The fourth-order valence-corrected chi connectivity index (χ4v) is 1.94. The molecule has 0 amide bonds. The molecule has 0 unspecified atom stereocenters. The van der Waals surface area contributed by atoms with Gasteiger partial charge in [0.1, 0.15) is 6.07 Å². The largest absolute Gasteiger partial charge is 0.371 e. The Hall–Kier alpha value is -1.14. The van der Waals surface area contributed by atoms with Crippen LogP contribution in [0.25, 0.3) is 0 Å². The third kappa shape index (κ3) is 2.45. The van der Waals surface area contributed by atoms with Crippen molar-refractivity contribution >= 4 is 17.4 Å². The van der Waals surface area contributed by atoms with Crippen molar-refractivity contribution in [2.24, 2.45) is 0 Å². The van der Waals surface area contributed by atoms with E-state index in [0.717, 1.165) is 16.1 Å². The van der Waals surface area contributed by atoms with Gasteiger partial charge in [-0.3, -0.25) is 0 Å². The summed E-state index contributed by atoms with van der Waals surface area (Å²) in [6.45, 7) is 4.24. The van der Waals surface area contributed by atoms with Gasteiger partial charge in [-0.2, -0.15) is 5.26 Å². The molecule has 0 radical (unpaired) electrons. The van der Waals surface area contributed by atoms with Crippen LogP contribution >= 0.6 is 11.8 Å². The highest BCUT2D eigenvalue weighted by Crippen LogP contribution is 2.29. The Balaban J connectivity index is 3.24. The number of rotatable bonds is 3. The predicted octanol–water partition coefficient (Wildman–Crippen LogP) is 3.12. The molecule has 80 valence electrons. The lowest BCUT2D eigenvalue weighted by Crippen LogP contribution is -2.26. The molecule has 0 saturated heterocycles. The van der Waals surface area contributed by atoms with Crippen LogP contribution in [0.2, 0.25) is 0 Å². The lowest BCUT2D eigenvalue weighted by atomic mass is 10.1. The second kappa shape index (κ2) is 5.09. The Bertz CT molecular complexity index is 380. The summed E-state index contributed by atoms with van der Waals surface area (Å²) in [5.74, 6) is 0. The van der Waals surface area contributed by atoms with E-state index in [9.17, 15) is 5.26 Å². The summed E-state index contributed by atoms with van der Waals surface area (Å²) in [6.07, 6.45) is 2.00. The second-order valence-corrected chi connectivity index (χ2v) is 4.52. The van der Waals surface area contributed by atoms with Crippen LogP contribution in [0.1, 0.15) is 19.4 Å². The smallest absolute Gasteiger partial charge is 0.103 e. The Morgan fingerprint density at radius 2 is 2.07 bits per heavy atom. The minimum absolute atomic E-state index is 0.397. The van der Waals surface area contributed by atoms with Crippen molar-refractivity contribution in [2.45, 2.75) is 24.8 Å². The zero-order chi connectivity index (χ0) is 11.4. The van der Waals surface area contributed by atoms with Crippen molar-refractivity contribution < 1.29 is 0 Å². The molecule has 0 aliphatic carbocycles. The number of nitriles is 1. The average Bonchev–Trinajstić information content (AvgIpc) is 2.26. The van der Waals surface area contributed by atoms with Crippen molar-refractivity contribution in [3.8, 4) is 6.07 Å². The standard InChI is InChI=1S/C12H16N2S/c1-9(2)14(3)11-6-5-7-12(15-4)10(11)8-13/h5-7,9H,1-4H3. The molecule has 0 saturated carbocycles. The van der Waals surface area contributed by atoms with Crippen LogP contribution in [-0.4, -0.2) is 19.3 Å². The Kier molecular flexibility index (Phi) is 4.05. The summed E-state index contributed by atoms with van der Waals surface area (Å²) in [7, 11) is 2.02. The van der Waals surface area contributed by atoms with Gasteiger partial charge in [-0.05, 0) is 32.2 Å². The van der Waals surface area contributed by atoms with E-state index in [1.807, 2.05) is 31.5 Å². The number of anilines is 1. The summed E-state index contributed by atoms with van der Waals surface area (Å²) in [5, 5.41) is 9.17. The summed E-state index contributed by atoms with van der Waals surface area (Å²) in [5.41, 5.74) is 1.79. The number of benzene rings is 1. The molecule has 0 atom stereocenters. The molecular weight excluding hydrogens is 204 g/mol. The van der Waals surface area contributed by atoms with Crippen molar-refractivity contribution in [3.05, 3.63) is 23.8 Å². The summed E-state index contributed by atoms with van der Waals surface area (Å²) >= 11 is 1.61. The quantitative estimate of drug-likeness (QED) is 0.732. The maximum Gasteiger partial charge on any atom is 0.103 e. The highest BCUT2D eigenvalue weighted by molar-refractivity contribution is 7.98. The molecule has 0 aliphatic heterocycles. The summed E-state index contributed by atoms with van der Waals surface area (Å²) in [4.78, 5) is 3.17. The Labute approximate surface area is 95.9 Å². The van der Waals surface area contributed by atoms with E-state index in [1.54, 1.807) is 11.8 Å². The van der Waals surface area contributed by atoms with Crippen LogP contribution in [0, 0.1) is 11.3 Å². The zero-order valence-corrected chi connectivity index (χ0v) is 10.4. The van der Waals surface area contributed by atoms with Crippen LogP contribution < -0.4 is 4.90 Å². The van der Waals surface area contributed by atoms with Gasteiger partial charge in [0.05, 0.1) is 11.3 Å². The molecule has 3 heteroatoms. The van der Waals surface area contributed by atoms with E-state index in [0.29, 0.717) is 6.04 Å². The van der Waals surface area contributed by atoms with Gasteiger partial charge in [0.25, 0.3) is 0 Å². The molecule has 1 rings (SSSR count). The van der Waals surface area contributed by atoms with Crippen LogP contribution in [0.4, 0.5) is 5.69 Å². The lowest BCUT2D eigenvalue weighted by molar-refractivity contribution is 0.752. The number of thioether (sulfide) groups is 1. The van der Waals surface area contributed by atoms with E-state index >= 15 is 0 Å². The first kappa shape index (κ1) is 11.9. The van der Waals surface area contributed by atoms with Crippen LogP contribution in [0.15, 0.2) is 23.1 Å². The molecule has 0 heterocycles. The van der Waals surface area contributed by atoms with Crippen LogP contribution in [-0.2, 0) is 0 Å². The van der Waals surface area contributed by atoms with Gasteiger partial charge in [0, 0.05) is 18.0 Å². The maximum atomic E-state index is 9.17. The molecular formula is C12H16N2S. The van der Waals surface area contributed by atoms with Crippen LogP contribution in [0.3, 0.4) is 0 Å². The zero-order valence-electron chi connectivity index (χ0n) is 9.61. The van der Waals surface area contributed by atoms with E-state index in [1.165, 1.54) is 0 Å². The van der Waals surface area contributed by atoms with Gasteiger partial charge in [-0.1, -0.05) is 6.07 Å². The van der Waals surface area contributed by atoms with Crippen molar-refractivity contribution in [1.29, 1.82) is 5.26 Å². The van der Waals surface area contributed by atoms with Crippen molar-refractivity contribution in [2.75, 3.05) is 18.2 Å². The minimum atomic E-state index is 0.397. The SMILES string of the molecule is CSc1cccc(N(C)C(C)C)c1C#N. The molecule has 15 heavy (non-hydrogen) atoms. The van der Waals surface area contributed by atoms with E-state index in [2.05, 4.69) is 24.8 Å². The predicted molar refractivity (Wildman–Crippen MR) is 66.5 cm³/mol. The van der Waals surface area contributed by atoms with Crippen LogP contribution in [0.5, 0.6) is 0 Å². The van der Waals surface area contributed by atoms with E-state index in [-0.39, 0.29) is 0 Å². The minimum Gasteiger partial charge on any atom is -0.371 e. The highest BCUT2D eigenvalue weighted by Gasteiger charge is 2.12. The van der Waals surface area contributed by atoms with E-state index < -0.39 is 0 Å². The molecule has 0 spiro atoms. The molecule has 0 aromatic heterocycles. The third-order valence-electron chi connectivity index (χ3n) is 2.49. The molecule has 0 bridgehead atoms. The molecule has 2 nitrogen and oxygen atoms in total. The maximum absolute atomic E-state index is 9.17. The first-order valence-corrected chi connectivity index (χ1v) is 6.14. The van der Waals surface area contributed by atoms with Crippen molar-refractivity contribution in [3.63, 3.8) is 0 Å². The van der Waals surface area contributed by atoms with Crippen molar-refractivity contribution in [1.82, 2.24) is 0 Å². The van der Waals surface area contributed by atoms with Gasteiger partial charge in [0.2, 0.25) is 0 Å². The first-order chi connectivity index (χ1) is 7.11. The van der Waals surface area contributed by atoms with Gasteiger partial charge >= 0.3 is 0 Å². The monoisotopic (exact) mass is 220 g/mol. The molecule has 1 aromatic rings. The van der Waals surface area contributed by atoms with Gasteiger partial charge < -0.3 is 4.90 Å². The number of nitrogens with zero attached hydrogens (tertiary/aromatic N) is 2. The molecule has 0 N–H and O–H groups in total. The van der Waals surface area contributed by atoms with Gasteiger partial charge in [0.15, 0.2) is 0 Å². The Morgan fingerprint density at radius 3 is 2.53 bits per heavy atom. The average molecular weight is 220 g/mol. The molecule has 1 aromatic carbocycles. The Morgan fingerprint density at radius 1 is 1.40 bits per heavy atom. The first-order valence-electron chi connectivity index (χ1n) is 4.91. The second-order valence-electron chi connectivity index (χ2n) is 3.67.